The summed E-state index contributed by atoms with van der Waals surface area (Å²) in [5.41, 5.74) is 0. The Morgan fingerprint density at radius 1 is 1.21 bits per heavy atom. The molecule has 0 atom stereocenters. The molecule has 2 rings (SSSR count). The van der Waals surface area contributed by atoms with E-state index in [0.29, 0.717) is 36.6 Å². The van der Waals surface area contributed by atoms with Crippen LogP contribution in [0.4, 0.5) is 17.8 Å². The van der Waals surface area contributed by atoms with E-state index in [1.54, 1.807) is 7.05 Å². The second-order valence-electron chi connectivity index (χ2n) is 3.95. The SMILES string of the molecule is CNc1nc(NCCc2ncon2)nc(N(C)C)n1. The van der Waals surface area contributed by atoms with Crippen molar-refractivity contribution < 1.29 is 4.52 Å². The molecule has 9 heteroatoms. The number of nitrogens with zero attached hydrogens (tertiary/aromatic N) is 6. The summed E-state index contributed by atoms with van der Waals surface area (Å²) in [4.78, 5) is 18.5. The Morgan fingerprint density at radius 3 is 2.63 bits per heavy atom. The molecule has 0 spiro atoms. The quantitative estimate of drug-likeness (QED) is 0.746. The zero-order valence-corrected chi connectivity index (χ0v) is 11.1. The summed E-state index contributed by atoms with van der Waals surface area (Å²) in [6.45, 7) is 0.611. The van der Waals surface area contributed by atoms with Gasteiger partial charge in [0, 0.05) is 34.1 Å². The Morgan fingerprint density at radius 2 is 2.00 bits per heavy atom. The maximum absolute atomic E-state index is 4.66. The van der Waals surface area contributed by atoms with E-state index in [9.17, 15) is 0 Å². The Labute approximate surface area is 110 Å². The Kier molecular flexibility index (Phi) is 4.06. The number of nitrogens with one attached hydrogen (secondary N) is 2. The summed E-state index contributed by atoms with van der Waals surface area (Å²) < 4.78 is 4.66. The van der Waals surface area contributed by atoms with E-state index in [4.69, 9.17) is 0 Å². The summed E-state index contributed by atoms with van der Waals surface area (Å²) in [6.07, 6.45) is 1.94. The number of anilines is 3. The highest BCUT2D eigenvalue weighted by Gasteiger charge is 2.07. The van der Waals surface area contributed by atoms with Gasteiger partial charge in [-0.1, -0.05) is 5.16 Å². The molecule has 2 N–H and O–H groups in total. The van der Waals surface area contributed by atoms with Gasteiger partial charge in [-0.25, -0.2) is 0 Å². The van der Waals surface area contributed by atoms with Crippen LogP contribution in [0.25, 0.3) is 0 Å². The van der Waals surface area contributed by atoms with Crippen LogP contribution in [0.3, 0.4) is 0 Å². The predicted molar refractivity (Wildman–Crippen MR) is 70.2 cm³/mol. The van der Waals surface area contributed by atoms with Gasteiger partial charge in [-0.05, 0) is 0 Å². The standard InChI is InChI=1S/C10H16N8O/c1-11-8-14-9(16-10(15-8)18(2)3)12-5-4-7-13-6-19-17-7/h6H,4-5H2,1-3H3,(H2,11,12,14,15,16). The van der Waals surface area contributed by atoms with Crippen molar-refractivity contribution in [1.29, 1.82) is 0 Å². The van der Waals surface area contributed by atoms with Crippen LogP contribution in [-0.2, 0) is 6.42 Å². The summed E-state index contributed by atoms with van der Waals surface area (Å²) in [7, 11) is 5.51. The molecule has 0 radical (unpaired) electrons. The highest BCUT2D eigenvalue weighted by Crippen LogP contribution is 2.10. The average Bonchev–Trinajstić information content (AvgIpc) is 2.91. The molecule has 0 aliphatic rings. The molecule has 0 unspecified atom stereocenters. The fraction of sp³-hybridized carbons (Fsp3) is 0.500. The van der Waals surface area contributed by atoms with Gasteiger partial charge >= 0.3 is 0 Å². The van der Waals surface area contributed by atoms with Crippen molar-refractivity contribution in [3.8, 4) is 0 Å². The number of hydrogen-bond donors (Lipinski definition) is 2. The highest BCUT2D eigenvalue weighted by molar-refractivity contribution is 5.42. The summed E-state index contributed by atoms with van der Waals surface area (Å²) in [5.74, 6) is 2.25. The third-order valence-electron chi connectivity index (χ3n) is 2.29. The molecule has 9 nitrogen and oxygen atoms in total. The first-order chi connectivity index (χ1) is 9.19. The molecule has 2 heterocycles. The largest absolute Gasteiger partial charge is 0.357 e. The average molecular weight is 264 g/mol. The lowest BCUT2D eigenvalue weighted by atomic mass is 10.4. The van der Waals surface area contributed by atoms with Crippen molar-refractivity contribution >= 4 is 17.8 Å². The molecule has 2 aromatic rings. The van der Waals surface area contributed by atoms with Gasteiger partial charge in [-0.15, -0.1) is 0 Å². The van der Waals surface area contributed by atoms with Crippen molar-refractivity contribution in [3.63, 3.8) is 0 Å². The third kappa shape index (κ3) is 3.50. The van der Waals surface area contributed by atoms with Crippen LogP contribution >= 0.6 is 0 Å². The van der Waals surface area contributed by atoms with Crippen LogP contribution < -0.4 is 15.5 Å². The fourth-order valence-electron chi connectivity index (χ4n) is 1.34. The van der Waals surface area contributed by atoms with Crippen LogP contribution in [0, 0.1) is 0 Å². The molecule has 0 aliphatic heterocycles. The van der Waals surface area contributed by atoms with Crippen LogP contribution in [-0.4, -0.2) is 52.8 Å². The predicted octanol–water partition coefficient (Wildman–Crippen LogP) is 0.0169. The third-order valence-corrected chi connectivity index (χ3v) is 2.29. The smallest absolute Gasteiger partial charge is 0.231 e. The number of rotatable bonds is 6. The van der Waals surface area contributed by atoms with Gasteiger partial charge < -0.3 is 20.1 Å². The van der Waals surface area contributed by atoms with Crippen LogP contribution in [0.1, 0.15) is 5.82 Å². The van der Waals surface area contributed by atoms with Gasteiger partial charge in [-0.2, -0.15) is 19.9 Å². The second kappa shape index (κ2) is 5.94. The minimum absolute atomic E-state index is 0.506. The van der Waals surface area contributed by atoms with Crippen molar-refractivity contribution in [2.75, 3.05) is 43.2 Å². The number of hydrogen-bond acceptors (Lipinski definition) is 9. The topological polar surface area (TPSA) is 105 Å². The van der Waals surface area contributed by atoms with Gasteiger partial charge in [0.15, 0.2) is 5.82 Å². The summed E-state index contributed by atoms with van der Waals surface area (Å²) in [6, 6.07) is 0. The van der Waals surface area contributed by atoms with Gasteiger partial charge in [0.25, 0.3) is 0 Å². The molecule has 0 aliphatic carbocycles. The zero-order valence-electron chi connectivity index (χ0n) is 11.1. The molecule has 2 aromatic heterocycles. The van der Waals surface area contributed by atoms with E-state index in [1.165, 1.54) is 6.39 Å². The maximum atomic E-state index is 4.66. The summed E-state index contributed by atoms with van der Waals surface area (Å²) >= 11 is 0. The Balaban J connectivity index is 2.00. The minimum Gasteiger partial charge on any atom is -0.357 e. The Hall–Kier alpha value is -2.45. The van der Waals surface area contributed by atoms with Gasteiger partial charge in [0.2, 0.25) is 24.2 Å². The molecular formula is C10H16N8O. The van der Waals surface area contributed by atoms with E-state index in [-0.39, 0.29) is 0 Å². The molecular weight excluding hydrogens is 248 g/mol. The van der Waals surface area contributed by atoms with Crippen molar-refractivity contribution in [2.45, 2.75) is 6.42 Å². The molecule has 0 aromatic carbocycles. The van der Waals surface area contributed by atoms with E-state index in [1.807, 2.05) is 19.0 Å². The maximum Gasteiger partial charge on any atom is 0.231 e. The van der Waals surface area contributed by atoms with E-state index < -0.39 is 0 Å². The second-order valence-corrected chi connectivity index (χ2v) is 3.95. The first-order valence-corrected chi connectivity index (χ1v) is 5.79. The molecule has 0 bridgehead atoms. The Bertz CT molecular complexity index is 512. The number of aromatic nitrogens is 5. The molecule has 102 valence electrons. The van der Waals surface area contributed by atoms with Crippen molar-refractivity contribution in [1.82, 2.24) is 25.1 Å². The minimum atomic E-state index is 0.506. The molecule has 0 saturated carbocycles. The lowest BCUT2D eigenvalue weighted by Crippen LogP contribution is -2.17. The first kappa shape index (κ1) is 13.0. The zero-order chi connectivity index (χ0) is 13.7. The lowest BCUT2D eigenvalue weighted by Gasteiger charge is -2.12. The molecule has 19 heavy (non-hydrogen) atoms. The summed E-state index contributed by atoms with van der Waals surface area (Å²) in [5, 5.41) is 9.73. The van der Waals surface area contributed by atoms with Crippen LogP contribution in [0.2, 0.25) is 0 Å². The normalized spacial score (nSPS) is 10.3. The van der Waals surface area contributed by atoms with Crippen LogP contribution in [0.15, 0.2) is 10.9 Å². The highest BCUT2D eigenvalue weighted by atomic mass is 16.5. The van der Waals surface area contributed by atoms with E-state index >= 15 is 0 Å². The van der Waals surface area contributed by atoms with Crippen LogP contribution in [0.5, 0.6) is 0 Å². The van der Waals surface area contributed by atoms with E-state index in [0.717, 1.165) is 0 Å². The van der Waals surface area contributed by atoms with Gasteiger partial charge in [-0.3, -0.25) is 0 Å². The first-order valence-electron chi connectivity index (χ1n) is 5.79. The van der Waals surface area contributed by atoms with Crippen molar-refractivity contribution in [2.24, 2.45) is 0 Å². The molecule has 0 amide bonds. The monoisotopic (exact) mass is 264 g/mol. The van der Waals surface area contributed by atoms with E-state index in [2.05, 4.69) is 40.2 Å². The van der Waals surface area contributed by atoms with Crippen molar-refractivity contribution in [3.05, 3.63) is 12.2 Å². The molecule has 0 saturated heterocycles. The molecule has 0 fully saturated rings. The fourth-order valence-corrected chi connectivity index (χ4v) is 1.34. The van der Waals surface area contributed by atoms with Gasteiger partial charge in [0.1, 0.15) is 0 Å². The lowest BCUT2D eigenvalue weighted by molar-refractivity contribution is 0.410. The van der Waals surface area contributed by atoms with Gasteiger partial charge in [0.05, 0.1) is 0 Å².